The summed E-state index contributed by atoms with van der Waals surface area (Å²) in [7, 11) is -4.14. The summed E-state index contributed by atoms with van der Waals surface area (Å²) in [5.41, 5.74) is 0.857. The molecule has 0 bridgehead atoms. The lowest BCUT2D eigenvalue weighted by atomic mass is 10.1. The Balaban J connectivity index is 1.68. The molecule has 0 aromatic heterocycles. The van der Waals surface area contributed by atoms with E-state index in [2.05, 4.69) is 5.32 Å². The summed E-state index contributed by atoms with van der Waals surface area (Å²) in [4.78, 5) is 12.6. The van der Waals surface area contributed by atoms with Crippen molar-refractivity contribution in [1.29, 1.82) is 0 Å². The predicted molar refractivity (Wildman–Crippen MR) is 126 cm³/mol. The highest BCUT2D eigenvalue weighted by atomic mass is 32.2. The van der Waals surface area contributed by atoms with Crippen molar-refractivity contribution >= 4 is 21.6 Å². The molecule has 0 heterocycles. The number of rotatable bonds is 11. The van der Waals surface area contributed by atoms with E-state index in [0.717, 1.165) is 21.7 Å². The minimum Gasteiger partial charge on any atom is -0.494 e. The van der Waals surface area contributed by atoms with E-state index in [1.807, 2.05) is 31.2 Å². The average Bonchev–Trinajstić information content (AvgIpc) is 2.82. The zero-order valence-electron chi connectivity index (χ0n) is 18.4. The first-order valence-electron chi connectivity index (χ1n) is 10.7. The number of ether oxygens (including phenoxy) is 1. The molecule has 0 aliphatic rings. The third-order valence-electron chi connectivity index (χ3n) is 4.96. The highest BCUT2D eigenvalue weighted by Gasteiger charge is 2.28. The topological polar surface area (TPSA) is 75.7 Å². The number of carbonyl (C=O) groups excluding carboxylic acids is 1. The molecule has 174 valence electrons. The van der Waals surface area contributed by atoms with Gasteiger partial charge in [0.2, 0.25) is 5.91 Å². The molecular formula is C25H27FN2O4S. The number of anilines is 1. The fourth-order valence-electron chi connectivity index (χ4n) is 3.37. The molecular weight excluding hydrogens is 443 g/mol. The summed E-state index contributed by atoms with van der Waals surface area (Å²) in [5, 5.41) is 2.74. The first kappa shape index (κ1) is 24.3. The lowest BCUT2D eigenvalue weighted by Crippen LogP contribution is -2.41. The highest BCUT2D eigenvalue weighted by Crippen LogP contribution is 2.26. The standard InChI is InChI=1S/C25H27FN2O4S/c1-2-32-24-17-9-6-11-20(24)12-10-18-27-25(29)19-28(23-16-8-7-15-22(23)26)33(30,31)21-13-4-3-5-14-21/h3-9,11,13-17H,2,10,12,18-19H2,1H3,(H,27,29). The van der Waals surface area contributed by atoms with E-state index in [4.69, 9.17) is 4.74 Å². The number of benzene rings is 3. The lowest BCUT2D eigenvalue weighted by Gasteiger charge is -2.24. The summed E-state index contributed by atoms with van der Waals surface area (Å²) in [6.45, 7) is 2.29. The van der Waals surface area contributed by atoms with Gasteiger partial charge in [0.15, 0.2) is 0 Å². The van der Waals surface area contributed by atoms with Crippen LogP contribution in [0, 0.1) is 5.82 Å². The second-order valence-corrected chi connectivity index (χ2v) is 9.13. The molecule has 0 unspecified atom stereocenters. The molecule has 1 N–H and O–H groups in total. The molecule has 0 atom stereocenters. The number of hydrogen-bond acceptors (Lipinski definition) is 4. The number of halogens is 1. The largest absolute Gasteiger partial charge is 0.494 e. The molecule has 0 aliphatic heterocycles. The third kappa shape index (κ3) is 6.32. The Hall–Kier alpha value is -3.39. The number of hydrogen-bond donors (Lipinski definition) is 1. The van der Waals surface area contributed by atoms with Gasteiger partial charge in [0.25, 0.3) is 10.0 Å². The molecule has 6 nitrogen and oxygen atoms in total. The third-order valence-corrected chi connectivity index (χ3v) is 6.73. The summed E-state index contributed by atoms with van der Waals surface area (Å²) in [6.07, 6.45) is 1.33. The molecule has 33 heavy (non-hydrogen) atoms. The van der Waals surface area contributed by atoms with Crippen molar-refractivity contribution in [3.05, 3.63) is 90.2 Å². The van der Waals surface area contributed by atoms with E-state index in [1.165, 1.54) is 30.3 Å². The van der Waals surface area contributed by atoms with Crippen LogP contribution in [0.3, 0.4) is 0 Å². The molecule has 0 saturated carbocycles. The Kier molecular flexibility index (Phi) is 8.43. The number of sulfonamides is 1. The fourth-order valence-corrected chi connectivity index (χ4v) is 4.82. The minimum atomic E-state index is -4.14. The van der Waals surface area contributed by atoms with Crippen LogP contribution >= 0.6 is 0 Å². The molecule has 3 aromatic carbocycles. The molecule has 1 amide bonds. The maximum absolute atomic E-state index is 14.5. The Bertz CT molecular complexity index is 1170. The van der Waals surface area contributed by atoms with Crippen molar-refractivity contribution in [1.82, 2.24) is 5.32 Å². The molecule has 0 fully saturated rings. The van der Waals surface area contributed by atoms with E-state index in [9.17, 15) is 17.6 Å². The van der Waals surface area contributed by atoms with Gasteiger partial charge in [-0.25, -0.2) is 12.8 Å². The Morgan fingerprint density at radius 3 is 2.36 bits per heavy atom. The zero-order valence-corrected chi connectivity index (χ0v) is 19.2. The number of nitrogens with one attached hydrogen (secondary N) is 1. The summed E-state index contributed by atoms with van der Waals surface area (Å²) in [5.74, 6) is -0.431. The summed E-state index contributed by atoms with van der Waals surface area (Å²) in [6, 6.07) is 20.9. The van der Waals surface area contributed by atoms with Crippen LogP contribution in [0.15, 0.2) is 83.8 Å². The lowest BCUT2D eigenvalue weighted by molar-refractivity contribution is -0.119. The van der Waals surface area contributed by atoms with Crippen molar-refractivity contribution in [2.45, 2.75) is 24.7 Å². The quantitative estimate of drug-likeness (QED) is 0.427. The normalized spacial score (nSPS) is 11.1. The SMILES string of the molecule is CCOc1ccccc1CCCNC(=O)CN(c1ccccc1F)S(=O)(=O)c1ccccc1. The number of aryl methyl sites for hydroxylation is 1. The number of nitrogens with zero attached hydrogens (tertiary/aromatic N) is 1. The monoisotopic (exact) mass is 470 g/mol. The van der Waals surface area contributed by atoms with Crippen LogP contribution in [-0.4, -0.2) is 34.0 Å². The van der Waals surface area contributed by atoms with E-state index in [-0.39, 0.29) is 10.6 Å². The molecule has 0 saturated heterocycles. The van der Waals surface area contributed by atoms with Crippen molar-refractivity contribution < 1.29 is 22.3 Å². The van der Waals surface area contributed by atoms with E-state index >= 15 is 0 Å². The van der Waals surface area contributed by atoms with E-state index in [0.29, 0.717) is 26.0 Å². The van der Waals surface area contributed by atoms with Crippen LogP contribution in [-0.2, 0) is 21.2 Å². The second kappa shape index (κ2) is 11.5. The number of amides is 1. The van der Waals surface area contributed by atoms with Gasteiger partial charge in [0.05, 0.1) is 17.2 Å². The van der Waals surface area contributed by atoms with Gasteiger partial charge < -0.3 is 10.1 Å². The van der Waals surface area contributed by atoms with E-state index < -0.39 is 28.3 Å². The molecule has 0 radical (unpaired) electrons. The van der Waals surface area contributed by atoms with Crippen LogP contribution in [0.4, 0.5) is 10.1 Å². The summed E-state index contributed by atoms with van der Waals surface area (Å²) >= 11 is 0. The van der Waals surface area contributed by atoms with Crippen LogP contribution < -0.4 is 14.4 Å². The second-order valence-electron chi connectivity index (χ2n) is 7.27. The molecule has 0 aliphatic carbocycles. The number of para-hydroxylation sites is 2. The molecule has 3 rings (SSSR count). The van der Waals surface area contributed by atoms with Crippen LogP contribution in [0.1, 0.15) is 18.9 Å². The van der Waals surface area contributed by atoms with Gasteiger partial charge in [-0.2, -0.15) is 0 Å². The Morgan fingerprint density at radius 1 is 0.970 bits per heavy atom. The number of carbonyl (C=O) groups is 1. The van der Waals surface area contributed by atoms with Crippen LogP contribution in [0.25, 0.3) is 0 Å². The molecule has 8 heteroatoms. The summed E-state index contributed by atoms with van der Waals surface area (Å²) < 4.78 is 47.3. The van der Waals surface area contributed by atoms with Gasteiger partial charge >= 0.3 is 0 Å². The average molecular weight is 471 g/mol. The fraction of sp³-hybridized carbons (Fsp3) is 0.240. The predicted octanol–water partition coefficient (Wildman–Crippen LogP) is 4.17. The first-order valence-corrected chi connectivity index (χ1v) is 12.2. The van der Waals surface area contributed by atoms with Crippen molar-refractivity contribution in [3.63, 3.8) is 0 Å². The van der Waals surface area contributed by atoms with Crippen LogP contribution in [0.2, 0.25) is 0 Å². The smallest absolute Gasteiger partial charge is 0.264 e. The first-order chi connectivity index (χ1) is 15.9. The Labute approximate surface area is 194 Å². The van der Waals surface area contributed by atoms with Gasteiger partial charge in [-0.3, -0.25) is 9.10 Å². The molecule has 3 aromatic rings. The van der Waals surface area contributed by atoms with Crippen molar-refractivity contribution in [2.24, 2.45) is 0 Å². The maximum Gasteiger partial charge on any atom is 0.264 e. The molecule has 0 spiro atoms. The van der Waals surface area contributed by atoms with E-state index in [1.54, 1.807) is 18.2 Å². The van der Waals surface area contributed by atoms with Gasteiger partial charge in [-0.1, -0.05) is 48.5 Å². The Morgan fingerprint density at radius 2 is 1.64 bits per heavy atom. The maximum atomic E-state index is 14.5. The van der Waals surface area contributed by atoms with Crippen molar-refractivity contribution in [2.75, 3.05) is 24.0 Å². The minimum absolute atomic E-state index is 0.0198. The highest BCUT2D eigenvalue weighted by molar-refractivity contribution is 7.92. The van der Waals surface area contributed by atoms with Gasteiger partial charge in [-0.05, 0) is 55.7 Å². The van der Waals surface area contributed by atoms with Crippen molar-refractivity contribution in [3.8, 4) is 5.75 Å². The van der Waals surface area contributed by atoms with Gasteiger partial charge in [0, 0.05) is 6.54 Å². The zero-order chi connectivity index (χ0) is 23.7. The van der Waals surface area contributed by atoms with Gasteiger partial charge in [0.1, 0.15) is 18.1 Å². The van der Waals surface area contributed by atoms with Gasteiger partial charge in [-0.15, -0.1) is 0 Å². The van der Waals surface area contributed by atoms with Crippen LogP contribution in [0.5, 0.6) is 5.75 Å².